The van der Waals surface area contributed by atoms with Gasteiger partial charge in [0.1, 0.15) is 6.54 Å². The first-order valence-electron chi connectivity index (χ1n) is 10.7. The fraction of sp³-hybridized carbons (Fsp3) is 0.417. The van der Waals surface area contributed by atoms with Gasteiger partial charge in [-0.25, -0.2) is 0 Å². The molecule has 0 fully saturated rings. The molecule has 2 amide bonds. The quantitative estimate of drug-likeness (QED) is 0.493. The zero-order valence-electron chi connectivity index (χ0n) is 18.3. The van der Waals surface area contributed by atoms with Gasteiger partial charge < -0.3 is 9.80 Å². The standard InChI is InChI=1S/C24H29N3O4/c1-17(2)11-13-25(24(29)20-8-6-9-21(15-20)27(30)31)16-23(28)26-14-12-19-7-4-5-10-22(19)18(26)3/h4-10,15,17-18H,11-14,16H2,1-3H3. The van der Waals surface area contributed by atoms with Crippen molar-refractivity contribution in [2.45, 2.75) is 39.7 Å². The molecule has 2 aromatic rings. The van der Waals surface area contributed by atoms with Crippen LogP contribution in [-0.4, -0.2) is 46.2 Å². The molecule has 0 aromatic heterocycles. The first-order chi connectivity index (χ1) is 14.8. The summed E-state index contributed by atoms with van der Waals surface area (Å²) in [6, 6.07) is 13.7. The highest BCUT2D eigenvalue weighted by atomic mass is 16.6. The van der Waals surface area contributed by atoms with Gasteiger partial charge in [0.25, 0.3) is 11.6 Å². The normalized spacial score (nSPS) is 15.5. The summed E-state index contributed by atoms with van der Waals surface area (Å²) in [5.41, 5.74) is 2.48. The summed E-state index contributed by atoms with van der Waals surface area (Å²) < 4.78 is 0. The second-order valence-electron chi connectivity index (χ2n) is 8.43. The molecule has 7 nitrogen and oxygen atoms in total. The molecule has 3 rings (SSSR count). The first-order valence-corrected chi connectivity index (χ1v) is 10.7. The molecule has 0 saturated heterocycles. The molecule has 0 radical (unpaired) electrons. The number of rotatable bonds is 7. The van der Waals surface area contributed by atoms with Crippen LogP contribution in [0.4, 0.5) is 5.69 Å². The van der Waals surface area contributed by atoms with E-state index in [1.54, 1.807) is 6.07 Å². The van der Waals surface area contributed by atoms with E-state index in [-0.39, 0.29) is 35.7 Å². The molecular weight excluding hydrogens is 394 g/mol. The topological polar surface area (TPSA) is 83.8 Å². The molecule has 1 unspecified atom stereocenters. The first kappa shape index (κ1) is 22.5. The van der Waals surface area contributed by atoms with Crippen molar-refractivity contribution in [2.75, 3.05) is 19.6 Å². The zero-order chi connectivity index (χ0) is 22.5. The van der Waals surface area contributed by atoms with Crippen LogP contribution >= 0.6 is 0 Å². The van der Waals surface area contributed by atoms with Crippen LogP contribution in [0, 0.1) is 16.0 Å². The molecule has 0 aliphatic carbocycles. The summed E-state index contributed by atoms with van der Waals surface area (Å²) >= 11 is 0. The van der Waals surface area contributed by atoms with Crippen LogP contribution in [0.5, 0.6) is 0 Å². The van der Waals surface area contributed by atoms with Gasteiger partial charge in [-0.05, 0) is 42.9 Å². The molecule has 1 aliphatic heterocycles. The summed E-state index contributed by atoms with van der Waals surface area (Å²) in [6.07, 6.45) is 1.53. The van der Waals surface area contributed by atoms with E-state index < -0.39 is 4.92 Å². The Morgan fingerprint density at radius 1 is 1.19 bits per heavy atom. The van der Waals surface area contributed by atoms with Gasteiger partial charge in [-0.1, -0.05) is 44.2 Å². The molecule has 1 aliphatic rings. The summed E-state index contributed by atoms with van der Waals surface area (Å²) in [6.45, 7) is 7.12. The van der Waals surface area contributed by atoms with Crippen LogP contribution in [0.25, 0.3) is 0 Å². The van der Waals surface area contributed by atoms with E-state index in [1.807, 2.05) is 30.0 Å². The maximum absolute atomic E-state index is 13.2. The molecule has 0 N–H and O–H groups in total. The number of non-ortho nitro benzene ring substituents is 1. The minimum atomic E-state index is -0.521. The summed E-state index contributed by atoms with van der Waals surface area (Å²) in [5.74, 6) is -0.108. The largest absolute Gasteiger partial charge is 0.334 e. The summed E-state index contributed by atoms with van der Waals surface area (Å²) in [5, 5.41) is 11.1. The Morgan fingerprint density at radius 2 is 1.94 bits per heavy atom. The molecule has 0 saturated carbocycles. The minimum Gasteiger partial charge on any atom is -0.334 e. The molecular formula is C24H29N3O4. The highest BCUT2D eigenvalue weighted by Crippen LogP contribution is 2.29. The van der Waals surface area contributed by atoms with E-state index in [9.17, 15) is 19.7 Å². The lowest BCUT2D eigenvalue weighted by Crippen LogP contribution is -2.46. The van der Waals surface area contributed by atoms with Crippen LogP contribution in [0.1, 0.15) is 54.7 Å². The molecule has 1 heterocycles. The van der Waals surface area contributed by atoms with E-state index in [2.05, 4.69) is 19.9 Å². The molecule has 164 valence electrons. The molecule has 7 heteroatoms. The van der Waals surface area contributed by atoms with Gasteiger partial charge in [0.05, 0.1) is 11.0 Å². The average Bonchev–Trinajstić information content (AvgIpc) is 2.76. The van der Waals surface area contributed by atoms with Crippen LogP contribution in [-0.2, 0) is 11.2 Å². The number of fused-ring (bicyclic) bond motifs is 1. The third-order valence-electron chi connectivity index (χ3n) is 5.81. The lowest BCUT2D eigenvalue weighted by atomic mass is 9.93. The lowest BCUT2D eigenvalue weighted by Gasteiger charge is -2.36. The number of carbonyl (C=O) groups is 2. The van der Waals surface area contributed by atoms with Gasteiger partial charge in [-0.15, -0.1) is 0 Å². The number of nitro benzene ring substituents is 1. The number of benzene rings is 2. The van der Waals surface area contributed by atoms with E-state index in [4.69, 9.17) is 0 Å². The van der Waals surface area contributed by atoms with E-state index in [0.29, 0.717) is 19.0 Å². The van der Waals surface area contributed by atoms with Crippen molar-refractivity contribution < 1.29 is 14.5 Å². The predicted molar refractivity (Wildman–Crippen MR) is 119 cm³/mol. The maximum Gasteiger partial charge on any atom is 0.270 e. The molecule has 31 heavy (non-hydrogen) atoms. The van der Waals surface area contributed by atoms with Gasteiger partial charge in [-0.3, -0.25) is 19.7 Å². The van der Waals surface area contributed by atoms with E-state index in [1.165, 1.54) is 28.7 Å². The minimum absolute atomic E-state index is 0.0409. The Morgan fingerprint density at radius 3 is 2.65 bits per heavy atom. The molecule has 2 aromatic carbocycles. The summed E-state index contributed by atoms with van der Waals surface area (Å²) in [7, 11) is 0. The predicted octanol–water partition coefficient (Wildman–Crippen LogP) is 4.23. The van der Waals surface area contributed by atoms with Crippen molar-refractivity contribution in [3.05, 3.63) is 75.3 Å². The maximum atomic E-state index is 13.2. The third-order valence-corrected chi connectivity index (χ3v) is 5.81. The van der Waals surface area contributed by atoms with E-state index in [0.717, 1.165) is 18.4 Å². The highest BCUT2D eigenvalue weighted by Gasteiger charge is 2.30. The lowest BCUT2D eigenvalue weighted by molar-refractivity contribution is -0.384. The number of nitro groups is 1. The van der Waals surface area contributed by atoms with Crippen LogP contribution in [0.2, 0.25) is 0 Å². The Bertz CT molecular complexity index is 973. The number of hydrogen-bond donors (Lipinski definition) is 0. The number of amides is 2. The van der Waals surface area contributed by atoms with Gasteiger partial charge in [-0.2, -0.15) is 0 Å². The number of hydrogen-bond acceptors (Lipinski definition) is 4. The van der Waals surface area contributed by atoms with E-state index >= 15 is 0 Å². The SMILES string of the molecule is CC(C)CCN(CC(=O)N1CCc2ccccc2C1C)C(=O)c1cccc([N+](=O)[O-])c1. The highest BCUT2D eigenvalue weighted by molar-refractivity contribution is 5.97. The van der Waals surface area contributed by atoms with Gasteiger partial charge in [0.2, 0.25) is 5.91 Å². The molecule has 0 bridgehead atoms. The van der Waals surface area contributed by atoms with Crippen LogP contribution < -0.4 is 0 Å². The van der Waals surface area contributed by atoms with Gasteiger partial charge in [0, 0.05) is 30.8 Å². The number of carbonyl (C=O) groups excluding carboxylic acids is 2. The third kappa shape index (κ3) is 5.29. The van der Waals surface area contributed by atoms with Crippen LogP contribution in [0.3, 0.4) is 0 Å². The summed E-state index contributed by atoms with van der Waals surface area (Å²) in [4.78, 5) is 40.3. The fourth-order valence-electron chi connectivity index (χ4n) is 3.97. The Hall–Kier alpha value is -3.22. The van der Waals surface area contributed by atoms with Gasteiger partial charge in [0.15, 0.2) is 0 Å². The zero-order valence-corrected chi connectivity index (χ0v) is 18.3. The Kier molecular flexibility index (Phi) is 7.05. The second kappa shape index (κ2) is 9.73. The van der Waals surface area contributed by atoms with Crippen molar-refractivity contribution in [3.63, 3.8) is 0 Å². The van der Waals surface area contributed by atoms with Crippen molar-refractivity contribution in [1.29, 1.82) is 0 Å². The monoisotopic (exact) mass is 423 g/mol. The molecule has 0 spiro atoms. The van der Waals surface area contributed by atoms with Crippen LogP contribution in [0.15, 0.2) is 48.5 Å². The van der Waals surface area contributed by atoms with Gasteiger partial charge >= 0.3 is 0 Å². The second-order valence-corrected chi connectivity index (χ2v) is 8.43. The fourth-order valence-corrected chi connectivity index (χ4v) is 3.97. The Balaban J connectivity index is 1.79. The smallest absolute Gasteiger partial charge is 0.270 e. The molecule has 1 atom stereocenters. The van der Waals surface area contributed by atoms with Crippen molar-refractivity contribution in [1.82, 2.24) is 9.80 Å². The number of nitrogens with zero attached hydrogens (tertiary/aromatic N) is 3. The van der Waals surface area contributed by atoms with Crippen molar-refractivity contribution in [3.8, 4) is 0 Å². The average molecular weight is 424 g/mol. The Labute approximate surface area is 182 Å². The van der Waals surface area contributed by atoms with Crippen molar-refractivity contribution in [2.24, 2.45) is 5.92 Å². The van der Waals surface area contributed by atoms with Crippen molar-refractivity contribution >= 4 is 17.5 Å².